The Kier molecular flexibility index (Phi) is 5.64. The van der Waals surface area contributed by atoms with Crippen molar-refractivity contribution in [2.24, 2.45) is 7.05 Å². The normalized spacial score (nSPS) is 16.4. The smallest absolute Gasteiger partial charge is 0.246 e. The Labute approximate surface area is 159 Å². The molecule has 1 N–H and O–H groups in total. The van der Waals surface area contributed by atoms with Gasteiger partial charge < -0.3 is 5.32 Å². The largest absolute Gasteiger partial charge is 0.325 e. The minimum atomic E-state index is -3.55. The summed E-state index contributed by atoms with van der Waals surface area (Å²) < 4.78 is 28.6. The van der Waals surface area contributed by atoms with Gasteiger partial charge in [0.05, 0.1) is 18.4 Å². The van der Waals surface area contributed by atoms with Crippen LogP contribution in [0.4, 0.5) is 5.69 Å². The first-order chi connectivity index (χ1) is 12.8. The van der Waals surface area contributed by atoms with E-state index in [4.69, 9.17) is 0 Å². The Balaban J connectivity index is 1.55. The second kappa shape index (κ2) is 7.79. The number of carbonyl (C=O) groups excluding carboxylic acids is 1. The van der Waals surface area contributed by atoms with Crippen molar-refractivity contribution in [2.75, 3.05) is 38.0 Å². The molecule has 3 rings (SSSR count). The van der Waals surface area contributed by atoms with Crippen LogP contribution < -0.4 is 5.32 Å². The Morgan fingerprint density at radius 1 is 1.11 bits per heavy atom. The molecule has 2 aromatic rings. The molecule has 8 nitrogen and oxygen atoms in total. The van der Waals surface area contributed by atoms with E-state index in [1.165, 1.54) is 10.5 Å². The zero-order valence-corrected chi connectivity index (χ0v) is 16.7. The Bertz CT molecular complexity index is 913. The third kappa shape index (κ3) is 4.37. The number of anilines is 1. The van der Waals surface area contributed by atoms with Gasteiger partial charge in [0.25, 0.3) is 0 Å². The predicted octanol–water partition coefficient (Wildman–Crippen LogP) is 0.982. The Morgan fingerprint density at radius 2 is 1.74 bits per heavy atom. The lowest BCUT2D eigenvalue weighted by molar-refractivity contribution is -0.117. The summed E-state index contributed by atoms with van der Waals surface area (Å²) in [6.07, 6.45) is 1.39. The van der Waals surface area contributed by atoms with Gasteiger partial charge in [-0.05, 0) is 26.0 Å². The number of nitrogens with one attached hydrogen (secondary N) is 1. The fraction of sp³-hybridized carbons (Fsp3) is 0.444. The van der Waals surface area contributed by atoms with Gasteiger partial charge in [-0.15, -0.1) is 0 Å². The lowest BCUT2D eigenvalue weighted by atomic mass is 10.2. The van der Waals surface area contributed by atoms with E-state index in [-0.39, 0.29) is 17.3 Å². The van der Waals surface area contributed by atoms with Crippen LogP contribution in [0.1, 0.15) is 11.3 Å². The SMILES string of the molecule is Cc1ccc(NC(=O)CN2CCN(S(=O)(=O)c3cnn(C)c3C)CC2)cc1. The molecule has 27 heavy (non-hydrogen) atoms. The highest BCUT2D eigenvalue weighted by atomic mass is 32.2. The van der Waals surface area contributed by atoms with Gasteiger partial charge in [-0.2, -0.15) is 9.40 Å². The first kappa shape index (κ1) is 19.5. The van der Waals surface area contributed by atoms with Crippen molar-refractivity contribution in [3.63, 3.8) is 0 Å². The summed E-state index contributed by atoms with van der Waals surface area (Å²) in [7, 11) is -1.83. The predicted molar refractivity (Wildman–Crippen MR) is 103 cm³/mol. The van der Waals surface area contributed by atoms with E-state index in [1.807, 2.05) is 36.1 Å². The third-order valence-corrected chi connectivity index (χ3v) is 6.84. The highest BCUT2D eigenvalue weighted by Crippen LogP contribution is 2.20. The molecule has 0 bridgehead atoms. The van der Waals surface area contributed by atoms with Gasteiger partial charge in [0, 0.05) is 38.9 Å². The number of carbonyl (C=O) groups is 1. The van der Waals surface area contributed by atoms with E-state index in [0.29, 0.717) is 31.9 Å². The number of nitrogens with zero attached hydrogens (tertiary/aromatic N) is 4. The summed E-state index contributed by atoms with van der Waals surface area (Å²) in [5.41, 5.74) is 2.52. The summed E-state index contributed by atoms with van der Waals surface area (Å²) in [5, 5.41) is 6.89. The van der Waals surface area contributed by atoms with Gasteiger partial charge >= 0.3 is 0 Å². The van der Waals surface area contributed by atoms with E-state index >= 15 is 0 Å². The van der Waals surface area contributed by atoms with Crippen molar-refractivity contribution < 1.29 is 13.2 Å². The van der Waals surface area contributed by atoms with Crippen molar-refractivity contribution in [1.82, 2.24) is 19.0 Å². The molecule has 0 saturated carbocycles. The maximum absolute atomic E-state index is 12.8. The Morgan fingerprint density at radius 3 is 2.30 bits per heavy atom. The fourth-order valence-electron chi connectivity index (χ4n) is 3.04. The molecule has 0 atom stereocenters. The monoisotopic (exact) mass is 391 g/mol. The maximum Gasteiger partial charge on any atom is 0.246 e. The molecule has 0 radical (unpaired) electrons. The summed E-state index contributed by atoms with van der Waals surface area (Å²) >= 11 is 0. The fourth-order valence-corrected chi connectivity index (χ4v) is 4.65. The number of hydrogen-bond donors (Lipinski definition) is 1. The molecule has 1 saturated heterocycles. The van der Waals surface area contributed by atoms with E-state index in [2.05, 4.69) is 10.4 Å². The average Bonchev–Trinajstić information content (AvgIpc) is 2.97. The number of amides is 1. The number of hydrogen-bond acceptors (Lipinski definition) is 5. The van der Waals surface area contributed by atoms with Crippen molar-refractivity contribution in [1.29, 1.82) is 0 Å². The highest BCUT2D eigenvalue weighted by Gasteiger charge is 2.31. The molecule has 1 amide bonds. The minimum absolute atomic E-state index is 0.0988. The summed E-state index contributed by atoms with van der Waals surface area (Å²) in [4.78, 5) is 14.4. The van der Waals surface area contributed by atoms with Crippen molar-refractivity contribution in [3.8, 4) is 0 Å². The van der Waals surface area contributed by atoms with Crippen molar-refractivity contribution >= 4 is 21.6 Å². The second-order valence-electron chi connectivity index (χ2n) is 6.81. The quantitative estimate of drug-likeness (QED) is 0.821. The zero-order valence-electron chi connectivity index (χ0n) is 15.8. The van der Waals surface area contributed by atoms with Crippen LogP contribution in [0.25, 0.3) is 0 Å². The van der Waals surface area contributed by atoms with Crippen LogP contribution in [-0.4, -0.2) is 66.0 Å². The summed E-state index contributed by atoms with van der Waals surface area (Å²) in [5.74, 6) is -0.0988. The van der Waals surface area contributed by atoms with Crippen molar-refractivity contribution in [2.45, 2.75) is 18.7 Å². The number of benzene rings is 1. The van der Waals surface area contributed by atoms with Crippen LogP contribution in [0.5, 0.6) is 0 Å². The van der Waals surface area contributed by atoms with Gasteiger partial charge in [-0.1, -0.05) is 17.7 Å². The summed E-state index contributed by atoms with van der Waals surface area (Å²) in [6, 6.07) is 7.63. The van der Waals surface area contributed by atoms with Gasteiger partial charge in [-0.25, -0.2) is 8.42 Å². The average molecular weight is 391 g/mol. The summed E-state index contributed by atoms with van der Waals surface area (Å²) in [6.45, 7) is 5.72. The third-order valence-electron chi connectivity index (χ3n) is 4.84. The van der Waals surface area contributed by atoms with Crippen molar-refractivity contribution in [3.05, 3.63) is 41.7 Å². The van der Waals surface area contributed by atoms with E-state index in [1.54, 1.807) is 18.7 Å². The van der Waals surface area contributed by atoms with Crippen LogP contribution in [0.2, 0.25) is 0 Å². The molecular weight excluding hydrogens is 366 g/mol. The number of sulfonamides is 1. The van der Waals surface area contributed by atoms with Gasteiger partial charge in [0.2, 0.25) is 15.9 Å². The number of aryl methyl sites for hydroxylation is 2. The molecule has 1 aliphatic heterocycles. The maximum atomic E-state index is 12.8. The van der Waals surface area contributed by atoms with Crippen LogP contribution >= 0.6 is 0 Å². The second-order valence-corrected chi connectivity index (χ2v) is 8.72. The van der Waals surface area contributed by atoms with Gasteiger partial charge in [-0.3, -0.25) is 14.4 Å². The molecule has 1 fully saturated rings. The molecule has 0 spiro atoms. The first-order valence-electron chi connectivity index (χ1n) is 8.85. The topological polar surface area (TPSA) is 87.5 Å². The van der Waals surface area contributed by atoms with E-state index in [0.717, 1.165) is 11.3 Å². The molecule has 2 heterocycles. The van der Waals surface area contributed by atoms with Crippen LogP contribution in [0, 0.1) is 13.8 Å². The molecule has 0 unspecified atom stereocenters. The zero-order chi connectivity index (χ0) is 19.6. The van der Waals surface area contributed by atoms with Gasteiger partial charge in [0.1, 0.15) is 4.90 Å². The minimum Gasteiger partial charge on any atom is -0.325 e. The molecule has 1 aromatic carbocycles. The van der Waals surface area contributed by atoms with Crippen LogP contribution in [-0.2, 0) is 21.9 Å². The number of rotatable bonds is 5. The molecule has 146 valence electrons. The number of aromatic nitrogens is 2. The molecule has 1 aromatic heterocycles. The lowest BCUT2D eigenvalue weighted by Crippen LogP contribution is -2.50. The van der Waals surface area contributed by atoms with Gasteiger partial charge in [0.15, 0.2) is 0 Å². The standard InChI is InChI=1S/C18H25N5O3S/c1-14-4-6-16(7-5-14)20-18(24)13-22-8-10-23(11-9-22)27(25,26)17-12-19-21(3)15(17)2/h4-7,12H,8-11,13H2,1-3H3,(H,20,24). The molecule has 1 aliphatic rings. The first-order valence-corrected chi connectivity index (χ1v) is 10.3. The van der Waals surface area contributed by atoms with E-state index < -0.39 is 10.0 Å². The Hall–Kier alpha value is -2.23. The van der Waals surface area contributed by atoms with Crippen LogP contribution in [0.3, 0.4) is 0 Å². The lowest BCUT2D eigenvalue weighted by Gasteiger charge is -2.33. The molecular formula is C18H25N5O3S. The number of piperazine rings is 1. The molecule has 9 heteroatoms. The van der Waals surface area contributed by atoms with E-state index in [9.17, 15) is 13.2 Å². The van der Waals surface area contributed by atoms with Crippen LogP contribution in [0.15, 0.2) is 35.4 Å². The molecule has 0 aliphatic carbocycles. The highest BCUT2D eigenvalue weighted by molar-refractivity contribution is 7.89.